The van der Waals surface area contributed by atoms with Gasteiger partial charge in [-0.1, -0.05) is 48.0 Å². The Morgan fingerprint density at radius 3 is 2.86 bits per heavy atom. The molecule has 0 saturated heterocycles. The summed E-state index contributed by atoms with van der Waals surface area (Å²) < 4.78 is 0. The highest BCUT2D eigenvalue weighted by molar-refractivity contribution is 5.94. The van der Waals surface area contributed by atoms with Gasteiger partial charge in [-0.2, -0.15) is 0 Å². The second-order valence-electron chi connectivity index (χ2n) is 5.75. The molecule has 1 aliphatic rings. The van der Waals surface area contributed by atoms with E-state index in [4.69, 9.17) is 0 Å². The van der Waals surface area contributed by atoms with E-state index in [1.165, 1.54) is 33.2 Å². The second-order valence-corrected chi connectivity index (χ2v) is 5.75. The van der Waals surface area contributed by atoms with Gasteiger partial charge in [0.2, 0.25) is 0 Å². The average molecular weight is 271 g/mol. The van der Waals surface area contributed by atoms with Gasteiger partial charge in [0.15, 0.2) is 0 Å². The van der Waals surface area contributed by atoms with E-state index < -0.39 is 0 Å². The van der Waals surface area contributed by atoms with Crippen LogP contribution in [0.3, 0.4) is 0 Å². The number of para-hydroxylation sites is 1. The molecule has 0 amide bonds. The van der Waals surface area contributed by atoms with Crippen molar-refractivity contribution in [3.05, 3.63) is 77.0 Å². The molecule has 0 aliphatic heterocycles. The fourth-order valence-corrected chi connectivity index (χ4v) is 3.23. The normalized spacial score (nSPS) is 15.6. The maximum atomic E-state index is 4.44. The van der Waals surface area contributed by atoms with Crippen LogP contribution in [-0.4, -0.2) is 4.98 Å². The van der Waals surface area contributed by atoms with Crippen LogP contribution < -0.4 is 0 Å². The highest BCUT2D eigenvalue weighted by atomic mass is 14.6. The number of allylic oxidation sites excluding steroid dienone is 1. The number of nitrogens with zero attached hydrogens (tertiary/aromatic N) is 1. The summed E-state index contributed by atoms with van der Waals surface area (Å²) in [6.07, 6.45) is 6.53. The van der Waals surface area contributed by atoms with Gasteiger partial charge in [0.05, 0.1) is 5.52 Å². The van der Waals surface area contributed by atoms with Crippen molar-refractivity contribution in [2.45, 2.75) is 19.8 Å². The summed E-state index contributed by atoms with van der Waals surface area (Å²) in [7, 11) is 0. The minimum absolute atomic E-state index is 1.06. The largest absolute Gasteiger partial charge is 0.256 e. The fourth-order valence-electron chi connectivity index (χ4n) is 3.23. The lowest BCUT2D eigenvalue weighted by Gasteiger charge is -2.05. The third kappa shape index (κ3) is 2.15. The molecule has 0 fully saturated rings. The van der Waals surface area contributed by atoms with Crippen molar-refractivity contribution in [1.29, 1.82) is 0 Å². The van der Waals surface area contributed by atoms with Gasteiger partial charge in [0.1, 0.15) is 0 Å². The summed E-state index contributed by atoms with van der Waals surface area (Å²) in [5, 5.41) is 1.23. The Bertz CT molecular complexity index is 853. The molecule has 1 nitrogen and oxygen atoms in total. The van der Waals surface area contributed by atoms with Gasteiger partial charge in [0, 0.05) is 11.6 Å². The van der Waals surface area contributed by atoms with E-state index in [9.17, 15) is 0 Å². The lowest BCUT2D eigenvalue weighted by Crippen LogP contribution is -1.85. The van der Waals surface area contributed by atoms with E-state index in [0.717, 1.165) is 18.4 Å². The van der Waals surface area contributed by atoms with Crippen molar-refractivity contribution >= 4 is 22.6 Å². The molecular weight excluding hydrogens is 254 g/mol. The van der Waals surface area contributed by atoms with Gasteiger partial charge < -0.3 is 0 Å². The van der Waals surface area contributed by atoms with E-state index in [0.29, 0.717) is 0 Å². The number of pyridine rings is 1. The molecule has 0 bridgehead atoms. The molecule has 1 heterocycles. The van der Waals surface area contributed by atoms with Gasteiger partial charge in [-0.25, -0.2) is 0 Å². The van der Waals surface area contributed by atoms with Crippen molar-refractivity contribution in [3.63, 3.8) is 0 Å². The molecular formula is C20H17N. The summed E-state index contributed by atoms with van der Waals surface area (Å²) in [5.74, 6) is 0. The van der Waals surface area contributed by atoms with Gasteiger partial charge >= 0.3 is 0 Å². The van der Waals surface area contributed by atoms with E-state index in [1.54, 1.807) is 0 Å². The van der Waals surface area contributed by atoms with Gasteiger partial charge in [0.25, 0.3) is 0 Å². The second kappa shape index (κ2) is 4.85. The molecule has 0 radical (unpaired) electrons. The van der Waals surface area contributed by atoms with Gasteiger partial charge in [-0.05, 0) is 54.2 Å². The summed E-state index contributed by atoms with van der Waals surface area (Å²) >= 11 is 0. The SMILES string of the molecule is Cc1ccc2c(c1)CCC2=Cc1ccnc2ccccc12. The number of aryl methyl sites for hydroxylation is 2. The zero-order chi connectivity index (χ0) is 14.2. The standard InChI is InChI=1S/C20H17N/c1-14-6-9-18-15(12-14)7-8-16(18)13-17-10-11-21-20-5-3-2-4-19(17)20/h2-6,9-13H,7-8H2,1H3. The molecule has 0 unspecified atom stereocenters. The van der Waals surface area contributed by atoms with Crippen molar-refractivity contribution in [3.8, 4) is 0 Å². The number of fused-ring (bicyclic) bond motifs is 2. The molecule has 0 saturated carbocycles. The van der Waals surface area contributed by atoms with Crippen molar-refractivity contribution in [1.82, 2.24) is 4.98 Å². The van der Waals surface area contributed by atoms with Crippen molar-refractivity contribution in [2.75, 3.05) is 0 Å². The number of benzene rings is 2. The summed E-state index contributed by atoms with van der Waals surface area (Å²) in [6, 6.07) is 17.3. The van der Waals surface area contributed by atoms with Crippen LogP contribution in [0.15, 0.2) is 54.7 Å². The summed E-state index contributed by atoms with van der Waals surface area (Å²) in [4.78, 5) is 4.44. The number of hydrogen-bond donors (Lipinski definition) is 0. The first kappa shape index (κ1) is 12.3. The highest BCUT2D eigenvalue weighted by Gasteiger charge is 2.16. The minimum Gasteiger partial charge on any atom is -0.256 e. The Hall–Kier alpha value is -2.41. The Balaban J connectivity index is 1.86. The van der Waals surface area contributed by atoms with Crippen LogP contribution in [0.2, 0.25) is 0 Å². The Labute approximate surface area is 125 Å². The Kier molecular flexibility index (Phi) is 2.85. The third-order valence-corrected chi connectivity index (χ3v) is 4.28. The topological polar surface area (TPSA) is 12.9 Å². The number of rotatable bonds is 1. The first-order valence-corrected chi connectivity index (χ1v) is 7.45. The monoisotopic (exact) mass is 271 g/mol. The highest BCUT2D eigenvalue weighted by Crippen LogP contribution is 2.35. The zero-order valence-electron chi connectivity index (χ0n) is 12.1. The minimum atomic E-state index is 1.06. The van der Waals surface area contributed by atoms with E-state index in [2.05, 4.69) is 60.4 Å². The van der Waals surface area contributed by atoms with Gasteiger partial charge in [-0.3, -0.25) is 4.98 Å². The number of aromatic nitrogens is 1. The predicted octanol–water partition coefficient (Wildman–Crippen LogP) is 5.03. The predicted molar refractivity (Wildman–Crippen MR) is 89.1 cm³/mol. The molecule has 4 rings (SSSR count). The number of hydrogen-bond acceptors (Lipinski definition) is 1. The molecule has 1 heteroatoms. The maximum absolute atomic E-state index is 4.44. The van der Waals surface area contributed by atoms with Crippen molar-refractivity contribution < 1.29 is 0 Å². The van der Waals surface area contributed by atoms with E-state index in [1.807, 2.05) is 12.3 Å². The lowest BCUT2D eigenvalue weighted by molar-refractivity contribution is 1.08. The Morgan fingerprint density at radius 2 is 1.90 bits per heavy atom. The van der Waals surface area contributed by atoms with Crippen LogP contribution >= 0.6 is 0 Å². The molecule has 2 aromatic carbocycles. The maximum Gasteiger partial charge on any atom is 0.0707 e. The molecule has 1 aromatic heterocycles. The molecule has 0 N–H and O–H groups in total. The van der Waals surface area contributed by atoms with Crippen molar-refractivity contribution in [2.24, 2.45) is 0 Å². The first-order chi connectivity index (χ1) is 10.3. The molecule has 1 aliphatic carbocycles. The first-order valence-electron chi connectivity index (χ1n) is 7.45. The average Bonchev–Trinajstić information content (AvgIpc) is 2.90. The third-order valence-electron chi connectivity index (χ3n) is 4.28. The molecule has 0 atom stereocenters. The van der Waals surface area contributed by atoms with E-state index in [-0.39, 0.29) is 0 Å². The van der Waals surface area contributed by atoms with E-state index >= 15 is 0 Å². The van der Waals surface area contributed by atoms with Crippen LogP contribution in [0, 0.1) is 6.92 Å². The van der Waals surface area contributed by atoms with Crippen LogP contribution in [-0.2, 0) is 6.42 Å². The molecule has 21 heavy (non-hydrogen) atoms. The van der Waals surface area contributed by atoms with Crippen LogP contribution in [0.1, 0.15) is 28.7 Å². The summed E-state index contributed by atoms with van der Waals surface area (Å²) in [6.45, 7) is 2.17. The van der Waals surface area contributed by atoms with Crippen LogP contribution in [0.25, 0.3) is 22.6 Å². The molecule has 3 aromatic rings. The van der Waals surface area contributed by atoms with Crippen LogP contribution in [0.4, 0.5) is 0 Å². The zero-order valence-corrected chi connectivity index (χ0v) is 12.1. The van der Waals surface area contributed by atoms with Gasteiger partial charge in [-0.15, -0.1) is 0 Å². The molecule has 0 spiro atoms. The quantitative estimate of drug-likeness (QED) is 0.605. The Morgan fingerprint density at radius 1 is 1.00 bits per heavy atom. The summed E-state index contributed by atoms with van der Waals surface area (Å²) in [5.41, 5.74) is 8.03. The lowest BCUT2D eigenvalue weighted by atomic mass is 10.0. The van der Waals surface area contributed by atoms with Crippen LogP contribution in [0.5, 0.6) is 0 Å². The smallest absolute Gasteiger partial charge is 0.0707 e. The fraction of sp³-hybridized carbons (Fsp3) is 0.150. The molecule has 102 valence electrons.